The van der Waals surface area contributed by atoms with Crippen molar-refractivity contribution in [3.05, 3.63) is 45.9 Å². The van der Waals surface area contributed by atoms with Crippen molar-refractivity contribution in [3.63, 3.8) is 0 Å². The molecule has 1 aromatic carbocycles. The lowest BCUT2D eigenvalue weighted by Crippen LogP contribution is -2.18. The molecule has 2 aromatic rings. The van der Waals surface area contributed by atoms with Crippen LogP contribution in [-0.2, 0) is 0 Å². The zero-order chi connectivity index (χ0) is 13.8. The fourth-order valence-corrected chi connectivity index (χ4v) is 1.64. The summed E-state index contributed by atoms with van der Waals surface area (Å²) in [4.78, 5) is 14.1. The number of H-pyrrole nitrogens is 1. The number of hydrogen-bond acceptors (Lipinski definition) is 5. The summed E-state index contributed by atoms with van der Waals surface area (Å²) in [6.45, 7) is 3.59. The molecule has 0 saturated heterocycles. The lowest BCUT2D eigenvalue weighted by molar-refractivity contribution is 0.414. The Morgan fingerprint density at radius 3 is 2.53 bits per heavy atom. The summed E-state index contributed by atoms with van der Waals surface area (Å²) in [7, 11) is 1.63. The van der Waals surface area contributed by atoms with Crippen LogP contribution < -0.4 is 15.6 Å². The molecule has 1 aromatic heterocycles. The van der Waals surface area contributed by atoms with E-state index in [9.17, 15) is 4.79 Å². The SMILES string of the molecule is COc1ccc(C(C)Nc2nnc(C)c(=O)[nH]2)cc1. The highest BCUT2D eigenvalue weighted by Gasteiger charge is 2.07. The number of ether oxygens (including phenoxy) is 1. The molecule has 0 aliphatic carbocycles. The summed E-state index contributed by atoms with van der Waals surface area (Å²) in [6.07, 6.45) is 0. The van der Waals surface area contributed by atoms with Gasteiger partial charge >= 0.3 is 0 Å². The number of nitrogens with one attached hydrogen (secondary N) is 2. The van der Waals surface area contributed by atoms with Gasteiger partial charge in [0, 0.05) is 0 Å². The van der Waals surface area contributed by atoms with E-state index in [2.05, 4.69) is 20.5 Å². The van der Waals surface area contributed by atoms with Gasteiger partial charge in [0.15, 0.2) is 0 Å². The van der Waals surface area contributed by atoms with Crippen LogP contribution in [0.4, 0.5) is 5.95 Å². The highest BCUT2D eigenvalue weighted by Crippen LogP contribution is 2.19. The number of benzene rings is 1. The highest BCUT2D eigenvalue weighted by atomic mass is 16.5. The summed E-state index contributed by atoms with van der Waals surface area (Å²) in [5.41, 5.74) is 1.17. The Balaban J connectivity index is 2.13. The molecule has 6 heteroatoms. The molecule has 1 atom stereocenters. The van der Waals surface area contributed by atoms with Crippen molar-refractivity contribution in [1.29, 1.82) is 0 Å². The number of nitrogens with zero attached hydrogens (tertiary/aromatic N) is 2. The summed E-state index contributed by atoms with van der Waals surface area (Å²) < 4.78 is 5.11. The van der Waals surface area contributed by atoms with Crippen LogP contribution in [0.5, 0.6) is 5.75 Å². The second kappa shape index (κ2) is 5.51. The van der Waals surface area contributed by atoms with Gasteiger partial charge in [0.1, 0.15) is 11.4 Å². The molecule has 0 fully saturated rings. The Morgan fingerprint density at radius 1 is 1.26 bits per heavy atom. The Hall–Kier alpha value is -2.37. The Labute approximate surface area is 110 Å². The molecule has 6 nitrogen and oxygen atoms in total. The van der Waals surface area contributed by atoms with Gasteiger partial charge < -0.3 is 10.1 Å². The van der Waals surface area contributed by atoms with Gasteiger partial charge in [0.2, 0.25) is 5.95 Å². The second-order valence-electron chi connectivity index (χ2n) is 4.23. The largest absolute Gasteiger partial charge is 0.497 e. The van der Waals surface area contributed by atoms with Crippen molar-refractivity contribution in [2.24, 2.45) is 0 Å². The second-order valence-corrected chi connectivity index (χ2v) is 4.23. The van der Waals surface area contributed by atoms with Crippen molar-refractivity contribution in [2.75, 3.05) is 12.4 Å². The molecule has 100 valence electrons. The molecular weight excluding hydrogens is 244 g/mol. The zero-order valence-electron chi connectivity index (χ0n) is 11.1. The Bertz CT molecular complexity index is 607. The maximum Gasteiger partial charge on any atom is 0.273 e. The zero-order valence-corrected chi connectivity index (χ0v) is 11.1. The smallest absolute Gasteiger partial charge is 0.273 e. The first kappa shape index (κ1) is 13.1. The quantitative estimate of drug-likeness (QED) is 0.873. The van der Waals surface area contributed by atoms with E-state index in [1.165, 1.54) is 0 Å². The lowest BCUT2D eigenvalue weighted by atomic mass is 10.1. The maximum atomic E-state index is 11.4. The molecule has 1 heterocycles. The molecule has 0 aliphatic heterocycles. The van der Waals surface area contributed by atoms with Gasteiger partial charge in [-0.05, 0) is 31.5 Å². The van der Waals surface area contributed by atoms with Gasteiger partial charge in [-0.3, -0.25) is 9.78 Å². The molecule has 0 radical (unpaired) electrons. The van der Waals surface area contributed by atoms with Gasteiger partial charge in [0.05, 0.1) is 13.2 Å². The minimum absolute atomic E-state index is 0.00133. The summed E-state index contributed by atoms with van der Waals surface area (Å²) in [6, 6.07) is 7.68. The first-order chi connectivity index (χ1) is 9.10. The van der Waals surface area contributed by atoms with Crippen LogP contribution in [0.3, 0.4) is 0 Å². The van der Waals surface area contributed by atoms with Gasteiger partial charge in [0.25, 0.3) is 5.56 Å². The predicted octanol–water partition coefficient (Wildman–Crippen LogP) is 1.66. The number of aromatic nitrogens is 3. The molecule has 0 spiro atoms. The molecule has 0 amide bonds. The van der Waals surface area contributed by atoms with Gasteiger partial charge in [-0.25, -0.2) is 0 Å². The van der Waals surface area contributed by atoms with Gasteiger partial charge in [-0.1, -0.05) is 12.1 Å². The van der Waals surface area contributed by atoms with Crippen LogP contribution in [0.15, 0.2) is 29.1 Å². The topological polar surface area (TPSA) is 79.9 Å². The highest BCUT2D eigenvalue weighted by molar-refractivity contribution is 5.34. The molecule has 19 heavy (non-hydrogen) atoms. The standard InChI is InChI=1S/C13H16N4O2/c1-8(10-4-6-11(19-3)7-5-10)14-13-15-12(18)9(2)16-17-13/h4-8H,1-3H3,(H2,14,15,17,18). The molecule has 1 unspecified atom stereocenters. The predicted molar refractivity (Wildman–Crippen MR) is 72.4 cm³/mol. The average Bonchev–Trinajstić information content (AvgIpc) is 2.43. The van der Waals surface area contributed by atoms with Gasteiger partial charge in [-0.15, -0.1) is 10.2 Å². The minimum atomic E-state index is -0.237. The van der Waals surface area contributed by atoms with Crippen LogP contribution in [0, 0.1) is 6.92 Å². The van der Waals surface area contributed by atoms with Crippen molar-refractivity contribution in [3.8, 4) is 5.75 Å². The third-order valence-electron chi connectivity index (χ3n) is 2.83. The minimum Gasteiger partial charge on any atom is -0.497 e. The van der Waals surface area contributed by atoms with E-state index >= 15 is 0 Å². The first-order valence-corrected chi connectivity index (χ1v) is 5.94. The van der Waals surface area contributed by atoms with Crippen molar-refractivity contribution < 1.29 is 4.74 Å². The number of aryl methyl sites for hydroxylation is 1. The Kier molecular flexibility index (Phi) is 3.79. The number of rotatable bonds is 4. The Morgan fingerprint density at radius 2 is 1.95 bits per heavy atom. The summed E-state index contributed by atoms with van der Waals surface area (Å²) in [5.74, 6) is 1.17. The molecular formula is C13H16N4O2. The average molecular weight is 260 g/mol. The van der Waals surface area contributed by atoms with Crippen molar-refractivity contribution in [1.82, 2.24) is 15.2 Å². The summed E-state index contributed by atoms with van der Waals surface area (Å²) in [5, 5.41) is 10.8. The van der Waals surface area contributed by atoms with Crippen LogP contribution in [0.1, 0.15) is 24.2 Å². The summed E-state index contributed by atoms with van der Waals surface area (Å²) >= 11 is 0. The fourth-order valence-electron chi connectivity index (χ4n) is 1.64. The lowest BCUT2D eigenvalue weighted by Gasteiger charge is -2.14. The number of hydrogen-bond donors (Lipinski definition) is 2. The van der Waals surface area contributed by atoms with E-state index in [4.69, 9.17) is 4.74 Å². The van der Waals surface area contributed by atoms with E-state index in [-0.39, 0.29) is 11.6 Å². The van der Waals surface area contributed by atoms with Crippen molar-refractivity contribution >= 4 is 5.95 Å². The van der Waals surface area contributed by atoms with Crippen LogP contribution in [0.2, 0.25) is 0 Å². The molecule has 0 saturated carbocycles. The number of methoxy groups -OCH3 is 1. The van der Waals surface area contributed by atoms with Crippen LogP contribution >= 0.6 is 0 Å². The molecule has 2 N–H and O–H groups in total. The van der Waals surface area contributed by atoms with E-state index < -0.39 is 0 Å². The first-order valence-electron chi connectivity index (χ1n) is 5.94. The van der Waals surface area contributed by atoms with E-state index in [1.807, 2.05) is 31.2 Å². The molecule has 2 rings (SSSR count). The molecule has 0 aliphatic rings. The third-order valence-corrected chi connectivity index (χ3v) is 2.83. The molecule has 0 bridgehead atoms. The normalized spacial score (nSPS) is 11.9. The fraction of sp³-hybridized carbons (Fsp3) is 0.308. The van der Waals surface area contributed by atoms with E-state index in [1.54, 1.807) is 14.0 Å². The van der Waals surface area contributed by atoms with E-state index in [0.717, 1.165) is 11.3 Å². The number of aromatic amines is 1. The van der Waals surface area contributed by atoms with Crippen molar-refractivity contribution in [2.45, 2.75) is 19.9 Å². The number of anilines is 1. The van der Waals surface area contributed by atoms with Crippen LogP contribution in [-0.4, -0.2) is 22.3 Å². The monoisotopic (exact) mass is 260 g/mol. The van der Waals surface area contributed by atoms with E-state index in [0.29, 0.717) is 11.6 Å². The third kappa shape index (κ3) is 3.09. The van der Waals surface area contributed by atoms with Gasteiger partial charge in [-0.2, -0.15) is 0 Å². The van der Waals surface area contributed by atoms with Crippen LogP contribution in [0.25, 0.3) is 0 Å². The maximum absolute atomic E-state index is 11.4.